The zero-order valence-electron chi connectivity index (χ0n) is 7.25. The van der Waals surface area contributed by atoms with Crippen LogP contribution in [-0.2, 0) is 14.3 Å². The first-order valence-corrected chi connectivity index (χ1v) is 3.62. The fourth-order valence-electron chi connectivity index (χ4n) is 0.574. The molecule has 0 aliphatic heterocycles. The lowest BCUT2D eigenvalue weighted by Crippen LogP contribution is -2.27. The standard InChI is InChI=1S/C7H13NO4/c1-6(9)12-7(10)8-4-3-5-11-2/h3-5H2,1-2H3,(H,8,10). The number of nitrogens with one attached hydrogen (secondary N) is 1. The lowest BCUT2D eigenvalue weighted by Gasteiger charge is -2.02. The number of carbonyl (C=O) groups excluding carboxylic acids is 2. The Bertz CT molecular complexity index is 157. The Morgan fingerprint density at radius 3 is 2.58 bits per heavy atom. The van der Waals surface area contributed by atoms with Crippen LogP contribution in [0, 0.1) is 0 Å². The molecule has 0 aromatic rings. The van der Waals surface area contributed by atoms with Gasteiger partial charge in [0.05, 0.1) is 0 Å². The van der Waals surface area contributed by atoms with E-state index in [9.17, 15) is 9.59 Å². The Labute approximate surface area is 71.0 Å². The highest BCUT2D eigenvalue weighted by Crippen LogP contribution is 1.81. The summed E-state index contributed by atoms with van der Waals surface area (Å²) in [6, 6.07) is 0. The topological polar surface area (TPSA) is 64.6 Å². The molecule has 0 atom stereocenters. The maximum Gasteiger partial charge on any atom is 0.414 e. The third kappa shape index (κ3) is 7.01. The van der Waals surface area contributed by atoms with Gasteiger partial charge in [0, 0.05) is 27.2 Å². The SMILES string of the molecule is COCCCNC(=O)OC(C)=O. The molecule has 0 aromatic heterocycles. The summed E-state index contributed by atoms with van der Waals surface area (Å²) < 4.78 is 8.95. The van der Waals surface area contributed by atoms with Gasteiger partial charge in [-0.3, -0.25) is 4.79 Å². The Kier molecular flexibility index (Phi) is 6.00. The van der Waals surface area contributed by atoms with E-state index in [1.807, 2.05) is 0 Å². The quantitative estimate of drug-likeness (QED) is 0.379. The second-order valence-corrected chi connectivity index (χ2v) is 2.15. The highest BCUT2D eigenvalue weighted by Gasteiger charge is 2.02. The summed E-state index contributed by atoms with van der Waals surface area (Å²) in [4.78, 5) is 20.9. The second kappa shape index (κ2) is 6.60. The van der Waals surface area contributed by atoms with Gasteiger partial charge in [-0.15, -0.1) is 0 Å². The zero-order valence-corrected chi connectivity index (χ0v) is 7.25. The van der Waals surface area contributed by atoms with Crippen molar-refractivity contribution < 1.29 is 19.1 Å². The van der Waals surface area contributed by atoms with Gasteiger partial charge in [0.15, 0.2) is 0 Å². The van der Waals surface area contributed by atoms with Crippen LogP contribution >= 0.6 is 0 Å². The Balaban J connectivity index is 3.26. The Morgan fingerprint density at radius 1 is 1.42 bits per heavy atom. The molecule has 0 radical (unpaired) electrons. The predicted molar refractivity (Wildman–Crippen MR) is 41.7 cm³/mol. The average Bonchev–Trinajstić information content (AvgIpc) is 1.97. The van der Waals surface area contributed by atoms with E-state index >= 15 is 0 Å². The summed E-state index contributed by atoms with van der Waals surface area (Å²) in [5.74, 6) is -0.612. The molecular formula is C7H13NO4. The van der Waals surface area contributed by atoms with E-state index in [0.717, 1.165) is 0 Å². The molecule has 0 unspecified atom stereocenters. The second-order valence-electron chi connectivity index (χ2n) is 2.15. The van der Waals surface area contributed by atoms with Crippen LogP contribution in [0.4, 0.5) is 4.79 Å². The summed E-state index contributed by atoms with van der Waals surface area (Å²) >= 11 is 0. The number of esters is 1. The van der Waals surface area contributed by atoms with E-state index in [2.05, 4.69) is 10.1 Å². The van der Waals surface area contributed by atoms with Crippen molar-refractivity contribution in [2.45, 2.75) is 13.3 Å². The smallest absolute Gasteiger partial charge is 0.385 e. The molecule has 5 heteroatoms. The molecule has 1 amide bonds. The van der Waals surface area contributed by atoms with Gasteiger partial charge in [-0.25, -0.2) is 4.79 Å². The van der Waals surface area contributed by atoms with Crippen LogP contribution in [0.15, 0.2) is 0 Å². The normalized spacial score (nSPS) is 9.17. The molecule has 0 spiro atoms. The monoisotopic (exact) mass is 175 g/mol. The van der Waals surface area contributed by atoms with Crippen LogP contribution in [0.3, 0.4) is 0 Å². The van der Waals surface area contributed by atoms with Gasteiger partial charge in [-0.1, -0.05) is 0 Å². The average molecular weight is 175 g/mol. The minimum absolute atomic E-state index is 0.444. The lowest BCUT2D eigenvalue weighted by molar-refractivity contribution is -0.134. The number of carbonyl (C=O) groups is 2. The van der Waals surface area contributed by atoms with Crippen LogP contribution in [0.2, 0.25) is 0 Å². The summed E-state index contributed by atoms with van der Waals surface area (Å²) in [7, 11) is 1.58. The van der Waals surface area contributed by atoms with Gasteiger partial charge in [-0.05, 0) is 6.42 Å². The highest BCUT2D eigenvalue weighted by molar-refractivity contribution is 5.82. The van der Waals surface area contributed by atoms with Gasteiger partial charge in [0.2, 0.25) is 0 Å². The van der Waals surface area contributed by atoms with Crippen LogP contribution in [0.5, 0.6) is 0 Å². The first-order chi connectivity index (χ1) is 5.66. The van der Waals surface area contributed by atoms with E-state index < -0.39 is 12.1 Å². The van der Waals surface area contributed by atoms with Crippen LogP contribution < -0.4 is 5.32 Å². The summed E-state index contributed by atoms with van der Waals surface area (Å²) in [6.07, 6.45) is -0.0117. The summed E-state index contributed by atoms with van der Waals surface area (Å²) in [5, 5.41) is 2.39. The molecule has 0 aliphatic carbocycles. The molecule has 0 bridgehead atoms. The van der Waals surface area contributed by atoms with Gasteiger partial charge < -0.3 is 14.8 Å². The largest absolute Gasteiger partial charge is 0.414 e. The molecule has 0 aliphatic rings. The van der Waals surface area contributed by atoms with Crippen molar-refractivity contribution in [1.82, 2.24) is 5.32 Å². The van der Waals surface area contributed by atoms with Gasteiger partial charge in [0.1, 0.15) is 0 Å². The highest BCUT2D eigenvalue weighted by atomic mass is 16.6. The van der Waals surface area contributed by atoms with E-state index in [0.29, 0.717) is 19.6 Å². The number of amides is 1. The summed E-state index contributed by atoms with van der Waals surface area (Å²) in [6.45, 7) is 2.19. The Morgan fingerprint density at radius 2 is 2.08 bits per heavy atom. The molecular weight excluding hydrogens is 162 g/mol. The molecule has 0 saturated heterocycles. The van der Waals surface area contributed by atoms with Crippen molar-refractivity contribution in [3.05, 3.63) is 0 Å². The predicted octanol–water partition coefficient (Wildman–Crippen LogP) is 0.296. The molecule has 12 heavy (non-hydrogen) atoms. The molecule has 5 nitrogen and oxygen atoms in total. The van der Waals surface area contributed by atoms with Crippen molar-refractivity contribution in [1.29, 1.82) is 0 Å². The van der Waals surface area contributed by atoms with Gasteiger partial charge in [-0.2, -0.15) is 0 Å². The lowest BCUT2D eigenvalue weighted by atomic mass is 10.4. The number of hydrogen-bond acceptors (Lipinski definition) is 4. The van der Waals surface area contributed by atoms with Crippen molar-refractivity contribution >= 4 is 12.1 Å². The van der Waals surface area contributed by atoms with Gasteiger partial charge in [0.25, 0.3) is 0 Å². The van der Waals surface area contributed by atoms with E-state index in [4.69, 9.17) is 4.74 Å². The maximum atomic E-state index is 10.6. The molecule has 0 saturated carbocycles. The molecule has 1 N–H and O–H groups in total. The van der Waals surface area contributed by atoms with Crippen LogP contribution in [0.25, 0.3) is 0 Å². The van der Waals surface area contributed by atoms with E-state index in [1.165, 1.54) is 6.92 Å². The van der Waals surface area contributed by atoms with Crippen molar-refractivity contribution in [2.75, 3.05) is 20.3 Å². The van der Waals surface area contributed by atoms with Crippen molar-refractivity contribution in [3.8, 4) is 0 Å². The first-order valence-electron chi connectivity index (χ1n) is 3.62. The molecule has 0 fully saturated rings. The third-order valence-corrected chi connectivity index (χ3v) is 1.03. The molecule has 0 rings (SSSR count). The number of ether oxygens (including phenoxy) is 2. The third-order valence-electron chi connectivity index (χ3n) is 1.03. The zero-order chi connectivity index (χ0) is 9.40. The summed E-state index contributed by atoms with van der Waals surface area (Å²) in [5.41, 5.74) is 0. The number of rotatable bonds is 4. The number of alkyl carbamates (subject to hydrolysis) is 1. The number of methoxy groups -OCH3 is 1. The maximum absolute atomic E-state index is 10.6. The fourth-order valence-corrected chi connectivity index (χ4v) is 0.574. The molecule has 0 heterocycles. The van der Waals surface area contributed by atoms with Gasteiger partial charge >= 0.3 is 12.1 Å². The van der Waals surface area contributed by atoms with Crippen molar-refractivity contribution in [2.24, 2.45) is 0 Å². The minimum Gasteiger partial charge on any atom is -0.385 e. The van der Waals surface area contributed by atoms with Crippen molar-refractivity contribution in [3.63, 3.8) is 0 Å². The van der Waals surface area contributed by atoms with Crippen LogP contribution in [0.1, 0.15) is 13.3 Å². The van der Waals surface area contributed by atoms with Crippen LogP contribution in [-0.4, -0.2) is 32.3 Å². The first kappa shape index (κ1) is 10.9. The van der Waals surface area contributed by atoms with E-state index in [-0.39, 0.29) is 0 Å². The number of hydrogen-bond donors (Lipinski definition) is 1. The van der Waals surface area contributed by atoms with E-state index in [1.54, 1.807) is 7.11 Å². The Hall–Kier alpha value is -1.10. The molecule has 0 aromatic carbocycles. The molecule has 70 valence electrons. The fraction of sp³-hybridized carbons (Fsp3) is 0.714. The minimum atomic E-state index is -0.710.